The van der Waals surface area contributed by atoms with Gasteiger partial charge in [-0.05, 0) is 73.4 Å². The van der Waals surface area contributed by atoms with Gasteiger partial charge in [-0.1, -0.05) is 35.9 Å². The highest BCUT2D eigenvalue weighted by Gasteiger charge is 2.28. The second-order valence-electron chi connectivity index (χ2n) is 7.25. The SMILES string of the molecule is Cc1ccc(Cl)cc1NC(=O)c1ccc(S(=O)(=O)N2CCCc3ccccc32)cc1. The van der Waals surface area contributed by atoms with Gasteiger partial charge in [0.15, 0.2) is 0 Å². The number of rotatable bonds is 4. The summed E-state index contributed by atoms with van der Waals surface area (Å²) in [6, 6.07) is 18.8. The molecule has 1 amide bonds. The second kappa shape index (κ2) is 8.13. The highest BCUT2D eigenvalue weighted by molar-refractivity contribution is 7.92. The molecule has 0 radical (unpaired) electrons. The van der Waals surface area contributed by atoms with Gasteiger partial charge >= 0.3 is 0 Å². The maximum absolute atomic E-state index is 13.2. The lowest BCUT2D eigenvalue weighted by molar-refractivity contribution is 0.102. The van der Waals surface area contributed by atoms with Crippen LogP contribution in [0, 0.1) is 6.92 Å². The van der Waals surface area contributed by atoms with E-state index >= 15 is 0 Å². The predicted octanol–water partition coefficient (Wildman–Crippen LogP) is 5.04. The molecule has 1 heterocycles. The maximum Gasteiger partial charge on any atom is 0.264 e. The van der Waals surface area contributed by atoms with Crippen LogP contribution in [0.1, 0.15) is 27.9 Å². The molecular weight excluding hydrogens is 420 g/mol. The lowest BCUT2D eigenvalue weighted by Crippen LogP contribution is -2.35. The van der Waals surface area contributed by atoms with Crippen molar-refractivity contribution in [2.45, 2.75) is 24.7 Å². The van der Waals surface area contributed by atoms with Crippen molar-refractivity contribution in [1.82, 2.24) is 0 Å². The minimum atomic E-state index is -3.70. The molecule has 30 heavy (non-hydrogen) atoms. The maximum atomic E-state index is 13.2. The summed E-state index contributed by atoms with van der Waals surface area (Å²) in [6.45, 7) is 2.31. The van der Waals surface area contributed by atoms with Crippen LogP contribution in [-0.2, 0) is 16.4 Å². The van der Waals surface area contributed by atoms with E-state index < -0.39 is 10.0 Å². The average Bonchev–Trinajstić information content (AvgIpc) is 2.76. The van der Waals surface area contributed by atoms with Crippen molar-refractivity contribution in [1.29, 1.82) is 0 Å². The van der Waals surface area contributed by atoms with E-state index in [0.29, 0.717) is 22.8 Å². The van der Waals surface area contributed by atoms with E-state index in [4.69, 9.17) is 11.6 Å². The number of carbonyl (C=O) groups is 1. The molecule has 0 saturated carbocycles. The minimum absolute atomic E-state index is 0.162. The summed E-state index contributed by atoms with van der Waals surface area (Å²) in [5.74, 6) is -0.326. The van der Waals surface area contributed by atoms with Crippen LogP contribution in [0.15, 0.2) is 71.6 Å². The number of carbonyl (C=O) groups excluding carboxylic acids is 1. The first-order valence-electron chi connectivity index (χ1n) is 9.64. The number of aryl methyl sites for hydroxylation is 2. The second-order valence-corrected chi connectivity index (χ2v) is 9.55. The molecule has 5 nitrogen and oxygen atoms in total. The number of para-hydroxylation sites is 1. The van der Waals surface area contributed by atoms with Gasteiger partial charge in [0.05, 0.1) is 10.6 Å². The molecule has 154 valence electrons. The molecule has 0 spiro atoms. The summed E-state index contributed by atoms with van der Waals surface area (Å²) in [5, 5.41) is 3.35. The third-order valence-electron chi connectivity index (χ3n) is 5.22. The van der Waals surface area contributed by atoms with E-state index in [2.05, 4.69) is 5.32 Å². The molecule has 1 N–H and O–H groups in total. The van der Waals surface area contributed by atoms with E-state index in [1.807, 2.05) is 37.3 Å². The largest absolute Gasteiger partial charge is 0.322 e. The molecule has 0 saturated heterocycles. The molecule has 0 fully saturated rings. The molecule has 3 aromatic carbocycles. The van der Waals surface area contributed by atoms with Crippen LogP contribution < -0.4 is 9.62 Å². The van der Waals surface area contributed by atoms with Crippen molar-refractivity contribution < 1.29 is 13.2 Å². The number of hydrogen-bond acceptors (Lipinski definition) is 3. The molecule has 0 aromatic heterocycles. The summed E-state index contributed by atoms with van der Waals surface area (Å²) in [6.07, 6.45) is 1.64. The smallest absolute Gasteiger partial charge is 0.264 e. The Bertz CT molecular complexity index is 1210. The number of halogens is 1. The topological polar surface area (TPSA) is 66.5 Å². The highest BCUT2D eigenvalue weighted by Crippen LogP contribution is 2.32. The van der Waals surface area contributed by atoms with Crippen LogP contribution in [0.3, 0.4) is 0 Å². The number of hydrogen-bond donors (Lipinski definition) is 1. The van der Waals surface area contributed by atoms with Crippen LogP contribution in [0.25, 0.3) is 0 Å². The lowest BCUT2D eigenvalue weighted by Gasteiger charge is -2.30. The molecule has 1 aliphatic heterocycles. The van der Waals surface area contributed by atoms with E-state index in [1.165, 1.54) is 28.6 Å². The van der Waals surface area contributed by atoms with Crippen LogP contribution in [0.5, 0.6) is 0 Å². The van der Waals surface area contributed by atoms with Crippen molar-refractivity contribution in [3.05, 3.63) is 88.4 Å². The fourth-order valence-electron chi connectivity index (χ4n) is 3.58. The van der Waals surface area contributed by atoms with Crippen molar-refractivity contribution in [3.8, 4) is 0 Å². The van der Waals surface area contributed by atoms with Crippen LogP contribution in [0.2, 0.25) is 5.02 Å². The van der Waals surface area contributed by atoms with Gasteiger partial charge in [-0.2, -0.15) is 0 Å². The van der Waals surface area contributed by atoms with Gasteiger partial charge < -0.3 is 5.32 Å². The Balaban J connectivity index is 1.58. The average molecular weight is 441 g/mol. The fourth-order valence-corrected chi connectivity index (χ4v) is 5.29. The Hall–Kier alpha value is -2.83. The third-order valence-corrected chi connectivity index (χ3v) is 7.28. The van der Waals surface area contributed by atoms with Gasteiger partial charge in [-0.15, -0.1) is 0 Å². The van der Waals surface area contributed by atoms with E-state index in [0.717, 1.165) is 29.7 Å². The molecule has 4 rings (SSSR count). The predicted molar refractivity (Wildman–Crippen MR) is 120 cm³/mol. The van der Waals surface area contributed by atoms with E-state index in [9.17, 15) is 13.2 Å². The Morgan fingerprint density at radius 1 is 1.03 bits per heavy atom. The monoisotopic (exact) mass is 440 g/mol. The van der Waals surface area contributed by atoms with E-state index in [1.54, 1.807) is 12.1 Å². The summed E-state index contributed by atoms with van der Waals surface area (Å²) < 4.78 is 27.9. The number of sulfonamides is 1. The van der Waals surface area contributed by atoms with Gasteiger partial charge in [0.1, 0.15) is 0 Å². The van der Waals surface area contributed by atoms with Gasteiger partial charge in [0, 0.05) is 22.8 Å². The van der Waals surface area contributed by atoms with Crippen molar-refractivity contribution in [3.63, 3.8) is 0 Å². The molecule has 0 bridgehead atoms. The van der Waals surface area contributed by atoms with Crippen LogP contribution >= 0.6 is 11.6 Å². The highest BCUT2D eigenvalue weighted by atomic mass is 35.5. The van der Waals surface area contributed by atoms with Gasteiger partial charge in [0.2, 0.25) is 0 Å². The molecule has 0 aliphatic carbocycles. The van der Waals surface area contributed by atoms with Crippen molar-refractivity contribution in [2.24, 2.45) is 0 Å². The Morgan fingerprint density at radius 2 is 1.77 bits per heavy atom. The molecule has 0 unspecified atom stereocenters. The summed E-state index contributed by atoms with van der Waals surface area (Å²) in [4.78, 5) is 12.8. The number of nitrogens with zero attached hydrogens (tertiary/aromatic N) is 1. The van der Waals surface area contributed by atoms with E-state index in [-0.39, 0.29) is 10.8 Å². The zero-order chi connectivity index (χ0) is 21.3. The zero-order valence-electron chi connectivity index (χ0n) is 16.4. The Kier molecular flexibility index (Phi) is 5.54. The first-order chi connectivity index (χ1) is 14.4. The van der Waals surface area contributed by atoms with Crippen molar-refractivity contribution in [2.75, 3.05) is 16.2 Å². The molecular formula is C23H21ClN2O3S. The first kappa shape index (κ1) is 20.4. The zero-order valence-corrected chi connectivity index (χ0v) is 18.0. The summed E-state index contributed by atoms with van der Waals surface area (Å²) in [5.41, 5.74) is 3.62. The van der Waals surface area contributed by atoms with Gasteiger partial charge in [-0.25, -0.2) is 8.42 Å². The van der Waals surface area contributed by atoms with Crippen LogP contribution in [-0.4, -0.2) is 20.9 Å². The fraction of sp³-hybridized carbons (Fsp3) is 0.174. The third kappa shape index (κ3) is 3.93. The Labute approximate surface area is 181 Å². The number of nitrogens with one attached hydrogen (secondary N) is 1. The van der Waals surface area contributed by atoms with Gasteiger partial charge in [0.25, 0.3) is 15.9 Å². The number of anilines is 2. The lowest BCUT2D eigenvalue weighted by atomic mass is 10.0. The molecule has 7 heteroatoms. The summed E-state index contributed by atoms with van der Waals surface area (Å²) >= 11 is 6.00. The first-order valence-corrected chi connectivity index (χ1v) is 11.5. The van der Waals surface area contributed by atoms with Crippen LogP contribution in [0.4, 0.5) is 11.4 Å². The quantitative estimate of drug-likeness (QED) is 0.617. The number of amides is 1. The Morgan fingerprint density at radius 3 is 2.53 bits per heavy atom. The van der Waals surface area contributed by atoms with Gasteiger partial charge in [-0.3, -0.25) is 9.10 Å². The standard InChI is InChI=1S/C23H21ClN2O3S/c1-16-8-11-19(24)15-21(16)25-23(27)18-9-12-20(13-10-18)30(28,29)26-14-4-6-17-5-2-3-7-22(17)26/h2-3,5,7-13,15H,4,6,14H2,1H3,(H,25,27). The molecule has 0 atom stereocenters. The minimum Gasteiger partial charge on any atom is -0.322 e. The normalized spacial score (nSPS) is 13.6. The molecule has 3 aromatic rings. The number of fused-ring (bicyclic) bond motifs is 1. The number of benzene rings is 3. The molecule has 1 aliphatic rings. The summed E-state index contributed by atoms with van der Waals surface area (Å²) in [7, 11) is -3.70. The van der Waals surface area contributed by atoms with Crippen molar-refractivity contribution >= 4 is 38.9 Å².